The number of carbonyl (C=O) groups excluding carboxylic acids is 7. The second-order valence-electron chi connectivity index (χ2n) is 21.7. The lowest BCUT2D eigenvalue weighted by atomic mass is 9.97. The molecule has 6 amide bonds. The fourth-order valence-corrected chi connectivity index (χ4v) is 9.66. The first-order valence-corrected chi connectivity index (χ1v) is 31.0. The molecule has 1 aliphatic rings. The number of alkyl halides is 3. The van der Waals surface area contributed by atoms with Crippen LogP contribution in [0.1, 0.15) is 83.1 Å². The molecule has 1 unspecified atom stereocenters. The van der Waals surface area contributed by atoms with E-state index in [1.807, 2.05) is 60.7 Å². The van der Waals surface area contributed by atoms with Gasteiger partial charge in [0.2, 0.25) is 41.6 Å². The second kappa shape index (κ2) is 30.0. The van der Waals surface area contributed by atoms with E-state index in [4.69, 9.17) is 53.4 Å². The van der Waals surface area contributed by atoms with Crippen molar-refractivity contribution in [2.45, 2.75) is 151 Å². The topological polar surface area (TPSA) is 220 Å². The number of hydrogen-bond donors (Lipinski definition) is 5. The zero-order valence-electron chi connectivity index (χ0n) is 47.0. The van der Waals surface area contributed by atoms with E-state index in [0.29, 0.717) is 28.9 Å². The van der Waals surface area contributed by atoms with Gasteiger partial charge in [-0.3, -0.25) is 24.0 Å². The van der Waals surface area contributed by atoms with Gasteiger partial charge in [0, 0.05) is 32.9 Å². The smallest absolute Gasteiger partial charge is 0.408 e. The van der Waals surface area contributed by atoms with Gasteiger partial charge in [-0.25, -0.2) is 9.59 Å². The van der Waals surface area contributed by atoms with Gasteiger partial charge in [0.25, 0.3) is 0 Å². The van der Waals surface area contributed by atoms with Crippen molar-refractivity contribution in [3.05, 3.63) is 138 Å². The summed E-state index contributed by atoms with van der Waals surface area (Å²) in [6.07, 6.45) is -2.28. The quantitative estimate of drug-likeness (QED) is 0.0276. The SMILES string of the molecule is CC[C@H](C)[C@@H]1NC(=O)C(Cc2ccc(O[Si](C)(C)C(C)(C)C)cc2)N(C)C(=O)[C@H](Cc2ccccc2)NC(=O)[C@H](CCCOCc2ccccc2)NC(=O)[C@H](Cc2ccccc2)NC(=O)[C@@H](NC(=O)OCC(Cl)(Cl)Cl)[C@@H](C)OC1=O. The third-order valence-corrected chi connectivity index (χ3v) is 19.1. The number of likely N-dealkylation sites (N-methyl/N-ethyl adjacent to an activating group) is 1. The van der Waals surface area contributed by atoms with Crippen LogP contribution < -0.4 is 31.0 Å². The van der Waals surface area contributed by atoms with Crippen molar-refractivity contribution >= 4 is 84.7 Å². The number of halogens is 3. The Hall–Kier alpha value is -6.18. The van der Waals surface area contributed by atoms with Crippen LogP contribution in [0.25, 0.3) is 0 Å². The number of carbonyl (C=O) groups is 7. The Morgan fingerprint density at radius 2 is 1.21 bits per heavy atom. The van der Waals surface area contributed by atoms with Gasteiger partial charge in [0.1, 0.15) is 54.7 Å². The molecule has 1 aliphatic heterocycles. The van der Waals surface area contributed by atoms with Gasteiger partial charge >= 0.3 is 12.1 Å². The van der Waals surface area contributed by atoms with Gasteiger partial charge < -0.3 is 50.1 Å². The van der Waals surface area contributed by atoms with Crippen LogP contribution in [-0.4, -0.2) is 121 Å². The second-order valence-corrected chi connectivity index (χ2v) is 29.0. The molecule has 434 valence electrons. The molecule has 0 radical (unpaired) electrons. The molecule has 4 aromatic rings. The van der Waals surface area contributed by atoms with Gasteiger partial charge in [-0.1, -0.05) is 179 Å². The molecular weight excluding hydrogens is 1100 g/mol. The Kier molecular flexibility index (Phi) is 24.3. The van der Waals surface area contributed by atoms with E-state index >= 15 is 9.59 Å². The molecule has 0 aromatic heterocycles. The molecule has 1 heterocycles. The number of hydrogen-bond acceptors (Lipinski definition) is 11. The molecule has 1 fully saturated rings. The number of nitrogens with zero attached hydrogens (tertiary/aromatic N) is 1. The number of benzene rings is 4. The summed E-state index contributed by atoms with van der Waals surface area (Å²) in [6, 6.07) is 26.1. The first-order valence-electron chi connectivity index (χ1n) is 26.9. The first kappa shape index (κ1) is 64.6. The summed E-state index contributed by atoms with van der Waals surface area (Å²) >= 11 is 17.6. The average Bonchev–Trinajstić information content (AvgIpc) is 3.42. The van der Waals surface area contributed by atoms with Crippen LogP contribution in [0, 0.1) is 5.92 Å². The van der Waals surface area contributed by atoms with Crippen molar-refractivity contribution in [3.8, 4) is 5.75 Å². The lowest BCUT2D eigenvalue weighted by molar-refractivity contribution is -0.157. The summed E-state index contributed by atoms with van der Waals surface area (Å²) in [5.74, 6) is -4.82. The Labute approximate surface area is 486 Å². The summed E-state index contributed by atoms with van der Waals surface area (Å²) in [4.78, 5) is 104. The van der Waals surface area contributed by atoms with Crippen molar-refractivity contribution in [1.82, 2.24) is 31.5 Å². The molecule has 0 aliphatic carbocycles. The fraction of sp³-hybridized carbons (Fsp3) is 0.475. The number of ether oxygens (including phenoxy) is 3. The molecule has 4 aromatic carbocycles. The van der Waals surface area contributed by atoms with Crippen molar-refractivity contribution in [1.29, 1.82) is 0 Å². The third kappa shape index (κ3) is 20.1. The molecule has 5 N–H and O–H groups in total. The zero-order valence-corrected chi connectivity index (χ0v) is 50.3. The summed E-state index contributed by atoms with van der Waals surface area (Å²) in [5.41, 5.74) is 2.88. The van der Waals surface area contributed by atoms with E-state index < -0.39 is 109 Å². The molecule has 17 nitrogen and oxygen atoms in total. The van der Waals surface area contributed by atoms with Crippen LogP contribution >= 0.6 is 34.8 Å². The number of esters is 1. The number of rotatable bonds is 18. The Morgan fingerprint density at radius 3 is 1.76 bits per heavy atom. The molecule has 1 saturated heterocycles. The number of nitrogens with one attached hydrogen (secondary N) is 5. The molecular formula is C59H77Cl3N6O11Si. The number of amides is 6. The van der Waals surface area contributed by atoms with Gasteiger partial charge in [-0.2, -0.15) is 0 Å². The van der Waals surface area contributed by atoms with Crippen molar-refractivity contribution in [2.24, 2.45) is 5.92 Å². The highest BCUT2D eigenvalue weighted by molar-refractivity contribution is 6.74. The highest BCUT2D eigenvalue weighted by atomic mass is 35.6. The van der Waals surface area contributed by atoms with Crippen LogP contribution in [0.15, 0.2) is 115 Å². The van der Waals surface area contributed by atoms with E-state index in [0.717, 1.165) is 5.56 Å². The van der Waals surface area contributed by atoms with E-state index in [1.165, 1.54) is 18.9 Å². The third-order valence-electron chi connectivity index (χ3n) is 14.4. The van der Waals surface area contributed by atoms with Crippen LogP contribution in [0.5, 0.6) is 5.75 Å². The molecule has 8 atom stereocenters. The molecule has 0 spiro atoms. The molecule has 0 bridgehead atoms. The van der Waals surface area contributed by atoms with E-state index in [2.05, 4.69) is 60.4 Å². The predicted molar refractivity (Wildman–Crippen MR) is 311 cm³/mol. The minimum Gasteiger partial charge on any atom is -0.544 e. The predicted octanol–water partition coefficient (Wildman–Crippen LogP) is 8.32. The van der Waals surface area contributed by atoms with Gasteiger partial charge in [0.15, 0.2) is 0 Å². The molecule has 0 saturated carbocycles. The maximum atomic E-state index is 15.3. The molecule has 80 heavy (non-hydrogen) atoms. The van der Waals surface area contributed by atoms with Crippen LogP contribution in [-0.2, 0) is 68.8 Å². The van der Waals surface area contributed by atoms with Crippen molar-refractivity contribution < 1.29 is 52.2 Å². The normalized spacial score (nSPS) is 21.8. The van der Waals surface area contributed by atoms with Crippen molar-refractivity contribution in [2.75, 3.05) is 20.3 Å². The number of alkyl carbamates (subject to hydrolysis) is 1. The summed E-state index contributed by atoms with van der Waals surface area (Å²) in [7, 11) is -0.781. The minimum atomic E-state index is -2.24. The lowest BCUT2D eigenvalue weighted by Crippen LogP contribution is -2.61. The highest BCUT2D eigenvalue weighted by Gasteiger charge is 2.42. The summed E-state index contributed by atoms with van der Waals surface area (Å²) < 4.78 is 21.6. The fourth-order valence-electron chi connectivity index (χ4n) is 8.46. The summed E-state index contributed by atoms with van der Waals surface area (Å²) in [6.45, 7) is 15.3. The maximum absolute atomic E-state index is 15.3. The maximum Gasteiger partial charge on any atom is 0.408 e. The van der Waals surface area contributed by atoms with E-state index in [9.17, 15) is 24.0 Å². The van der Waals surface area contributed by atoms with E-state index in [1.54, 1.807) is 68.4 Å². The van der Waals surface area contributed by atoms with Crippen LogP contribution in [0.4, 0.5) is 4.79 Å². The minimum absolute atomic E-state index is 0.0177. The summed E-state index contributed by atoms with van der Waals surface area (Å²) in [5, 5.41) is 13.7. The van der Waals surface area contributed by atoms with Crippen molar-refractivity contribution in [3.63, 3.8) is 0 Å². The van der Waals surface area contributed by atoms with Crippen LogP contribution in [0.2, 0.25) is 18.1 Å². The van der Waals surface area contributed by atoms with Gasteiger partial charge in [-0.15, -0.1) is 0 Å². The lowest BCUT2D eigenvalue weighted by Gasteiger charge is -2.36. The Balaban J connectivity index is 1.63. The zero-order chi connectivity index (χ0) is 58.8. The Morgan fingerprint density at radius 1 is 0.700 bits per heavy atom. The largest absolute Gasteiger partial charge is 0.544 e. The Bertz CT molecular complexity index is 2680. The number of cyclic esters (lactones) is 1. The van der Waals surface area contributed by atoms with Gasteiger partial charge in [-0.05, 0) is 78.2 Å². The van der Waals surface area contributed by atoms with Crippen LogP contribution in [0.3, 0.4) is 0 Å². The first-order chi connectivity index (χ1) is 37.7. The van der Waals surface area contributed by atoms with E-state index in [-0.39, 0.29) is 50.4 Å². The molecule has 21 heteroatoms. The standard InChI is InChI=1S/C59H77Cl3N6O11Si/c1-10-38(2)49-56(74)78-39(3)50(67-57(75)77-37-59(60,61)62)54(72)64-46(33-40-21-14-11-15-22-40)52(70)63-45(27-20-32-76-36-43-25-18-13-19-26-43)51(69)65-47(34-41-23-16-12-17-24-41)55(73)68(7)48(53(71)66-49)35-42-28-30-44(31-29-42)79-80(8,9)58(4,5)6/h11-19,21-26,28-31,38-39,45-50H,10,20,27,32-37H2,1-9H3,(H,63,70)(H,64,72)(H,65,69)(H,66,71)(H,67,75)/t38-,39+,45-,46-,47-,48?,49-,50-/m0/s1. The molecule has 5 rings (SSSR count). The van der Waals surface area contributed by atoms with Gasteiger partial charge in [0.05, 0.1) is 6.61 Å². The monoisotopic (exact) mass is 1180 g/mol. The highest BCUT2D eigenvalue weighted by Crippen LogP contribution is 2.37. The average molecular weight is 1180 g/mol.